The van der Waals surface area contributed by atoms with Crippen LogP contribution in [0.15, 0.2) is 30.6 Å². The van der Waals surface area contributed by atoms with E-state index in [0.717, 1.165) is 28.4 Å². The second-order valence-corrected chi connectivity index (χ2v) is 4.47. The van der Waals surface area contributed by atoms with Gasteiger partial charge in [-0.1, -0.05) is 18.2 Å². The minimum atomic E-state index is 0.605. The number of benzene rings is 1. The molecule has 4 nitrogen and oxygen atoms in total. The van der Waals surface area contributed by atoms with Crippen molar-refractivity contribution in [3.8, 4) is 5.75 Å². The Hall–Kier alpha value is -2.10. The molecule has 2 rings (SSSR count). The zero-order chi connectivity index (χ0) is 13.7. The predicted molar refractivity (Wildman–Crippen MR) is 76.7 cm³/mol. The van der Waals surface area contributed by atoms with Crippen molar-refractivity contribution in [2.75, 3.05) is 18.5 Å². The summed E-state index contributed by atoms with van der Waals surface area (Å²) < 4.78 is 5.72. The maximum Gasteiger partial charge on any atom is 0.132 e. The van der Waals surface area contributed by atoms with Gasteiger partial charge < -0.3 is 10.1 Å². The second kappa shape index (κ2) is 6.18. The van der Waals surface area contributed by atoms with Crippen LogP contribution in [0, 0.1) is 20.8 Å². The molecule has 0 atom stereocenters. The van der Waals surface area contributed by atoms with Gasteiger partial charge in [0.15, 0.2) is 0 Å². The summed E-state index contributed by atoms with van der Waals surface area (Å²) in [6.07, 6.45) is 1.58. The van der Waals surface area contributed by atoms with E-state index in [9.17, 15) is 0 Å². The summed E-state index contributed by atoms with van der Waals surface area (Å²) in [5, 5.41) is 3.27. The van der Waals surface area contributed by atoms with Crippen LogP contribution in [0.1, 0.15) is 16.8 Å². The molecule has 0 fully saturated rings. The van der Waals surface area contributed by atoms with Crippen LogP contribution >= 0.6 is 0 Å². The molecule has 1 N–H and O–H groups in total. The molecule has 1 aromatic carbocycles. The lowest BCUT2D eigenvalue weighted by atomic mass is 10.2. The van der Waals surface area contributed by atoms with E-state index < -0.39 is 0 Å². The van der Waals surface area contributed by atoms with E-state index in [-0.39, 0.29) is 0 Å². The molecular formula is C15H19N3O. The standard InChI is InChI=1S/C15H19N3O/c1-11-6-4-5-7-14(11)19-9-8-16-15-12(2)13(3)17-10-18-15/h4-7,10H,8-9H2,1-3H3,(H,16,17,18). The molecule has 0 aliphatic rings. The van der Waals surface area contributed by atoms with Crippen molar-refractivity contribution in [3.05, 3.63) is 47.4 Å². The molecule has 0 amide bonds. The Morgan fingerprint density at radius 3 is 2.68 bits per heavy atom. The summed E-state index contributed by atoms with van der Waals surface area (Å²) in [4.78, 5) is 8.37. The van der Waals surface area contributed by atoms with Gasteiger partial charge in [-0.2, -0.15) is 0 Å². The van der Waals surface area contributed by atoms with E-state index in [1.807, 2.05) is 45.0 Å². The number of anilines is 1. The zero-order valence-electron chi connectivity index (χ0n) is 11.6. The Morgan fingerprint density at radius 2 is 1.89 bits per heavy atom. The maximum atomic E-state index is 5.72. The van der Waals surface area contributed by atoms with Crippen LogP contribution < -0.4 is 10.1 Å². The third kappa shape index (κ3) is 3.44. The number of nitrogens with one attached hydrogen (secondary N) is 1. The van der Waals surface area contributed by atoms with E-state index in [4.69, 9.17) is 4.74 Å². The fourth-order valence-corrected chi connectivity index (χ4v) is 1.77. The van der Waals surface area contributed by atoms with Crippen molar-refractivity contribution in [1.82, 2.24) is 9.97 Å². The molecule has 0 spiro atoms. The topological polar surface area (TPSA) is 47.0 Å². The molecule has 0 radical (unpaired) electrons. The van der Waals surface area contributed by atoms with Gasteiger partial charge in [-0.3, -0.25) is 0 Å². The van der Waals surface area contributed by atoms with Gasteiger partial charge in [0.05, 0.1) is 6.54 Å². The molecule has 0 unspecified atom stereocenters. The lowest BCUT2D eigenvalue weighted by Gasteiger charge is -2.11. The zero-order valence-corrected chi connectivity index (χ0v) is 11.6. The third-order valence-corrected chi connectivity index (χ3v) is 3.08. The summed E-state index contributed by atoms with van der Waals surface area (Å²) >= 11 is 0. The van der Waals surface area contributed by atoms with Crippen LogP contribution in [0.5, 0.6) is 5.75 Å². The van der Waals surface area contributed by atoms with Crippen LogP contribution in [-0.4, -0.2) is 23.1 Å². The van der Waals surface area contributed by atoms with Crippen molar-refractivity contribution < 1.29 is 4.74 Å². The van der Waals surface area contributed by atoms with Crippen molar-refractivity contribution in [1.29, 1.82) is 0 Å². The highest BCUT2D eigenvalue weighted by Crippen LogP contribution is 2.16. The smallest absolute Gasteiger partial charge is 0.132 e. The first-order valence-electron chi connectivity index (χ1n) is 6.39. The molecule has 0 saturated heterocycles. The fraction of sp³-hybridized carbons (Fsp3) is 0.333. The van der Waals surface area contributed by atoms with Gasteiger partial charge in [-0.25, -0.2) is 9.97 Å². The molecule has 0 aliphatic carbocycles. The lowest BCUT2D eigenvalue weighted by molar-refractivity contribution is 0.330. The summed E-state index contributed by atoms with van der Waals surface area (Å²) in [6.45, 7) is 7.35. The number of ether oxygens (including phenoxy) is 1. The Kier molecular flexibility index (Phi) is 4.34. The lowest BCUT2D eigenvalue weighted by Crippen LogP contribution is -2.14. The molecule has 2 aromatic rings. The summed E-state index contributed by atoms with van der Waals surface area (Å²) in [5.74, 6) is 1.81. The summed E-state index contributed by atoms with van der Waals surface area (Å²) in [5.41, 5.74) is 3.23. The van der Waals surface area contributed by atoms with Gasteiger partial charge in [-0.05, 0) is 32.4 Å². The van der Waals surface area contributed by atoms with E-state index in [1.54, 1.807) is 6.33 Å². The highest BCUT2D eigenvalue weighted by atomic mass is 16.5. The summed E-state index contributed by atoms with van der Waals surface area (Å²) in [6, 6.07) is 8.01. The molecular weight excluding hydrogens is 238 g/mol. The molecule has 19 heavy (non-hydrogen) atoms. The monoisotopic (exact) mass is 257 g/mol. The maximum absolute atomic E-state index is 5.72. The molecule has 0 aliphatic heterocycles. The average molecular weight is 257 g/mol. The van der Waals surface area contributed by atoms with Crippen LogP contribution in [0.25, 0.3) is 0 Å². The van der Waals surface area contributed by atoms with Crippen LogP contribution in [0.4, 0.5) is 5.82 Å². The molecule has 4 heteroatoms. The van der Waals surface area contributed by atoms with Crippen molar-refractivity contribution in [2.24, 2.45) is 0 Å². The first-order chi connectivity index (χ1) is 9.18. The first-order valence-corrected chi connectivity index (χ1v) is 6.39. The molecule has 0 saturated carbocycles. The van der Waals surface area contributed by atoms with E-state index >= 15 is 0 Å². The Morgan fingerprint density at radius 1 is 1.11 bits per heavy atom. The number of para-hydroxylation sites is 1. The Balaban J connectivity index is 1.84. The van der Waals surface area contributed by atoms with E-state index in [1.165, 1.54) is 0 Å². The highest BCUT2D eigenvalue weighted by molar-refractivity contribution is 5.44. The molecule has 0 bridgehead atoms. The van der Waals surface area contributed by atoms with Gasteiger partial charge in [0, 0.05) is 11.3 Å². The Labute approximate surface area is 113 Å². The van der Waals surface area contributed by atoms with Gasteiger partial charge in [-0.15, -0.1) is 0 Å². The van der Waals surface area contributed by atoms with E-state index in [2.05, 4.69) is 15.3 Å². The molecule has 100 valence electrons. The number of aromatic nitrogens is 2. The van der Waals surface area contributed by atoms with Crippen molar-refractivity contribution in [2.45, 2.75) is 20.8 Å². The molecule has 1 heterocycles. The number of rotatable bonds is 5. The number of hydrogen-bond donors (Lipinski definition) is 1. The van der Waals surface area contributed by atoms with Gasteiger partial charge in [0.1, 0.15) is 24.5 Å². The fourth-order valence-electron chi connectivity index (χ4n) is 1.77. The van der Waals surface area contributed by atoms with Crippen LogP contribution in [-0.2, 0) is 0 Å². The first kappa shape index (κ1) is 13.3. The van der Waals surface area contributed by atoms with E-state index in [0.29, 0.717) is 13.2 Å². The number of hydrogen-bond acceptors (Lipinski definition) is 4. The minimum absolute atomic E-state index is 0.605. The summed E-state index contributed by atoms with van der Waals surface area (Å²) in [7, 11) is 0. The number of aryl methyl sites for hydroxylation is 2. The third-order valence-electron chi connectivity index (χ3n) is 3.08. The van der Waals surface area contributed by atoms with Gasteiger partial charge in [0.25, 0.3) is 0 Å². The number of nitrogens with zero attached hydrogens (tertiary/aromatic N) is 2. The molecule has 1 aromatic heterocycles. The SMILES string of the molecule is Cc1ccccc1OCCNc1ncnc(C)c1C. The largest absolute Gasteiger partial charge is 0.491 e. The van der Waals surface area contributed by atoms with Crippen LogP contribution in [0.2, 0.25) is 0 Å². The highest BCUT2D eigenvalue weighted by Gasteiger charge is 2.02. The second-order valence-electron chi connectivity index (χ2n) is 4.47. The van der Waals surface area contributed by atoms with Crippen LogP contribution in [0.3, 0.4) is 0 Å². The van der Waals surface area contributed by atoms with Crippen molar-refractivity contribution in [3.63, 3.8) is 0 Å². The minimum Gasteiger partial charge on any atom is -0.491 e. The normalized spacial score (nSPS) is 10.3. The van der Waals surface area contributed by atoms with Gasteiger partial charge in [0.2, 0.25) is 0 Å². The average Bonchev–Trinajstić information content (AvgIpc) is 2.41. The Bertz CT molecular complexity index is 555. The van der Waals surface area contributed by atoms with Gasteiger partial charge >= 0.3 is 0 Å². The van der Waals surface area contributed by atoms with Crippen molar-refractivity contribution >= 4 is 5.82 Å². The quantitative estimate of drug-likeness (QED) is 0.837. The predicted octanol–water partition coefficient (Wildman–Crippen LogP) is 2.89.